The van der Waals surface area contributed by atoms with E-state index in [0.29, 0.717) is 24.0 Å². The molecule has 1 amide bonds. The first-order valence-electron chi connectivity index (χ1n) is 7.50. The van der Waals surface area contributed by atoms with Gasteiger partial charge in [0.1, 0.15) is 18.4 Å². The molecule has 0 unspecified atom stereocenters. The van der Waals surface area contributed by atoms with Gasteiger partial charge in [-0.3, -0.25) is 14.4 Å². The molecule has 8 nitrogen and oxygen atoms in total. The van der Waals surface area contributed by atoms with Gasteiger partial charge in [0.2, 0.25) is 5.91 Å². The van der Waals surface area contributed by atoms with Crippen molar-refractivity contribution >= 4 is 11.7 Å². The lowest BCUT2D eigenvalue weighted by Crippen LogP contribution is -2.35. The van der Waals surface area contributed by atoms with Crippen LogP contribution in [0.15, 0.2) is 23.2 Å². The molecule has 8 heteroatoms. The molecule has 118 valence electrons. The second kappa shape index (κ2) is 6.69. The maximum atomic E-state index is 12.0. The summed E-state index contributed by atoms with van der Waals surface area (Å²) in [6.07, 6.45) is 6.01. The average molecular weight is 304 g/mol. The first-order valence-corrected chi connectivity index (χ1v) is 7.50. The number of amides is 1. The number of aryl methyl sites for hydroxylation is 1. The maximum absolute atomic E-state index is 12.0. The van der Waals surface area contributed by atoms with Gasteiger partial charge in [0.25, 0.3) is 0 Å². The topological polar surface area (TPSA) is 89.1 Å². The third-order valence-electron chi connectivity index (χ3n) is 3.88. The molecule has 1 aliphatic heterocycles. The van der Waals surface area contributed by atoms with Gasteiger partial charge in [-0.2, -0.15) is 5.10 Å². The monoisotopic (exact) mass is 304 g/mol. The molecule has 0 aliphatic carbocycles. The van der Waals surface area contributed by atoms with Crippen molar-refractivity contribution in [2.24, 2.45) is 0 Å². The van der Waals surface area contributed by atoms with Gasteiger partial charge in [0, 0.05) is 25.1 Å². The van der Waals surface area contributed by atoms with Crippen LogP contribution in [0, 0.1) is 6.92 Å². The SMILES string of the molecule is Cc1cc(NC(=O)CCN2CCC[C@@H]2Cn2cncn2)no1. The summed E-state index contributed by atoms with van der Waals surface area (Å²) in [5.74, 6) is 1.12. The van der Waals surface area contributed by atoms with Crippen LogP contribution >= 0.6 is 0 Å². The van der Waals surface area contributed by atoms with E-state index in [9.17, 15) is 4.79 Å². The van der Waals surface area contributed by atoms with E-state index in [0.717, 1.165) is 32.5 Å². The summed E-state index contributed by atoms with van der Waals surface area (Å²) in [6.45, 7) is 4.38. The van der Waals surface area contributed by atoms with Gasteiger partial charge in [0.15, 0.2) is 5.82 Å². The van der Waals surface area contributed by atoms with Gasteiger partial charge in [-0.25, -0.2) is 4.98 Å². The van der Waals surface area contributed by atoms with Gasteiger partial charge in [-0.1, -0.05) is 5.16 Å². The molecular formula is C14H20N6O2. The maximum Gasteiger partial charge on any atom is 0.226 e. The minimum Gasteiger partial charge on any atom is -0.360 e. The highest BCUT2D eigenvalue weighted by Gasteiger charge is 2.25. The van der Waals surface area contributed by atoms with Crippen LogP contribution < -0.4 is 5.32 Å². The summed E-state index contributed by atoms with van der Waals surface area (Å²) in [5, 5.41) is 10.7. The first kappa shape index (κ1) is 14.7. The predicted molar refractivity (Wildman–Crippen MR) is 79.1 cm³/mol. The van der Waals surface area contributed by atoms with E-state index in [1.807, 2.05) is 4.68 Å². The van der Waals surface area contributed by atoms with E-state index in [1.54, 1.807) is 25.6 Å². The van der Waals surface area contributed by atoms with E-state index in [1.165, 1.54) is 0 Å². The Labute approximate surface area is 128 Å². The van der Waals surface area contributed by atoms with Gasteiger partial charge >= 0.3 is 0 Å². The summed E-state index contributed by atoms with van der Waals surface area (Å²) in [4.78, 5) is 18.3. The Kier molecular flexibility index (Phi) is 4.47. The van der Waals surface area contributed by atoms with Crippen molar-refractivity contribution in [3.05, 3.63) is 24.5 Å². The van der Waals surface area contributed by atoms with Gasteiger partial charge in [-0.15, -0.1) is 0 Å². The zero-order chi connectivity index (χ0) is 15.4. The minimum absolute atomic E-state index is 0.0419. The molecule has 3 rings (SSSR count). The number of carbonyl (C=O) groups is 1. The first-order chi connectivity index (χ1) is 10.7. The highest BCUT2D eigenvalue weighted by atomic mass is 16.5. The Bertz CT molecular complexity index is 609. The van der Waals surface area contributed by atoms with Crippen molar-refractivity contribution in [3.63, 3.8) is 0 Å². The van der Waals surface area contributed by atoms with Crippen molar-refractivity contribution in [2.45, 2.75) is 38.8 Å². The molecule has 1 atom stereocenters. The second-order valence-electron chi connectivity index (χ2n) is 5.57. The molecule has 1 saturated heterocycles. The second-order valence-corrected chi connectivity index (χ2v) is 5.57. The fourth-order valence-corrected chi connectivity index (χ4v) is 2.82. The summed E-state index contributed by atoms with van der Waals surface area (Å²) in [5.41, 5.74) is 0. The Morgan fingerprint density at radius 3 is 3.18 bits per heavy atom. The summed E-state index contributed by atoms with van der Waals surface area (Å²) < 4.78 is 6.78. The van der Waals surface area contributed by atoms with Crippen molar-refractivity contribution in [1.82, 2.24) is 24.8 Å². The number of rotatable bonds is 6. The number of nitrogens with one attached hydrogen (secondary N) is 1. The van der Waals surface area contributed by atoms with Crippen LogP contribution in [0.1, 0.15) is 25.0 Å². The molecule has 0 spiro atoms. The number of carbonyl (C=O) groups excluding carboxylic acids is 1. The normalized spacial score (nSPS) is 18.7. The largest absolute Gasteiger partial charge is 0.360 e. The quantitative estimate of drug-likeness (QED) is 0.858. The molecule has 22 heavy (non-hydrogen) atoms. The van der Waals surface area contributed by atoms with Crippen LogP contribution in [0.3, 0.4) is 0 Å². The zero-order valence-electron chi connectivity index (χ0n) is 12.6. The molecule has 0 saturated carbocycles. The summed E-state index contributed by atoms with van der Waals surface area (Å²) >= 11 is 0. The number of nitrogens with zero attached hydrogens (tertiary/aromatic N) is 5. The smallest absolute Gasteiger partial charge is 0.226 e. The highest BCUT2D eigenvalue weighted by Crippen LogP contribution is 2.19. The summed E-state index contributed by atoms with van der Waals surface area (Å²) in [7, 11) is 0. The molecular weight excluding hydrogens is 284 g/mol. The number of hydrogen-bond acceptors (Lipinski definition) is 6. The Hall–Kier alpha value is -2.22. The lowest BCUT2D eigenvalue weighted by Gasteiger charge is -2.23. The fourth-order valence-electron chi connectivity index (χ4n) is 2.82. The van der Waals surface area contributed by atoms with Gasteiger partial charge in [-0.05, 0) is 26.3 Å². The standard InChI is InChI=1S/C14H20N6O2/c1-11-7-13(18-22-11)17-14(21)4-6-19-5-2-3-12(19)8-20-10-15-9-16-20/h7,9-10,12H,2-6,8H2,1H3,(H,17,18,21)/t12-/m1/s1. The Morgan fingerprint density at radius 2 is 2.45 bits per heavy atom. The van der Waals surface area contributed by atoms with Crippen LogP contribution in [-0.4, -0.2) is 49.9 Å². The van der Waals surface area contributed by atoms with Gasteiger partial charge in [0.05, 0.1) is 6.54 Å². The predicted octanol–water partition coefficient (Wildman–Crippen LogP) is 1.07. The van der Waals surface area contributed by atoms with Crippen molar-refractivity contribution in [2.75, 3.05) is 18.4 Å². The lowest BCUT2D eigenvalue weighted by molar-refractivity contribution is -0.116. The third kappa shape index (κ3) is 3.70. The lowest BCUT2D eigenvalue weighted by atomic mass is 10.2. The van der Waals surface area contributed by atoms with Crippen LogP contribution in [0.2, 0.25) is 0 Å². The molecule has 3 heterocycles. The molecule has 0 aromatic carbocycles. The van der Waals surface area contributed by atoms with E-state index in [2.05, 4.69) is 25.5 Å². The Morgan fingerprint density at radius 1 is 1.55 bits per heavy atom. The molecule has 1 fully saturated rings. The zero-order valence-corrected chi connectivity index (χ0v) is 12.6. The van der Waals surface area contributed by atoms with Crippen molar-refractivity contribution in [3.8, 4) is 0 Å². The van der Waals surface area contributed by atoms with Crippen LogP contribution in [0.4, 0.5) is 5.82 Å². The molecule has 1 aliphatic rings. The number of likely N-dealkylation sites (tertiary alicyclic amines) is 1. The minimum atomic E-state index is -0.0419. The molecule has 2 aromatic rings. The average Bonchev–Trinajstić information content (AvgIpc) is 3.21. The van der Waals surface area contributed by atoms with Crippen molar-refractivity contribution < 1.29 is 9.32 Å². The third-order valence-corrected chi connectivity index (χ3v) is 3.88. The van der Waals surface area contributed by atoms with Crippen LogP contribution in [0.25, 0.3) is 0 Å². The fraction of sp³-hybridized carbons (Fsp3) is 0.571. The number of aromatic nitrogens is 4. The molecule has 2 aromatic heterocycles. The van der Waals surface area contributed by atoms with Gasteiger partial charge < -0.3 is 9.84 Å². The Balaban J connectivity index is 1.46. The molecule has 0 radical (unpaired) electrons. The van der Waals surface area contributed by atoms with E-state index >= 15 is 0 Å². The van der Waals surface area contributed by atoms with Crippen LogP contribution in [-0.2, 0) is 11.3 Å². The molecule has 1 N–H and O–H groups in total. The van der Waals surface area contributed by atoms with E-state index < -0.39 is 0 Å². The number of anilines is 1. The molecule has 0 bridgehead atoms. The number of hydrogen-bond donors (Lipinski definition) is 1. The van der Waals surface area contributed by atoms with Crippen LogP contribution in [0.5, 0.6) is 0 Å². The van der Waals surface area contributed by atoms with E-state index in [-0.39, 0.29) is 5.91 Å². The van der Waals surface area contributed by atoms with Crippen molar-refractivity contribution in [1.29, 1.82) is 0 Å². The summed E-state index contributed by atoms with van der Waals surface area (Å²) in [6, 6.07) is 2.13. The highest BCUT2D eigenvalue weighted by molar-refractivity contribution is 5.89. The van der Waals surface area contributed by atoms with E-state index in [4.69, 9.17) is 4.52 Å².